The first-order chi connectivity index (χ1) is 13.1. The Morgan fingerprint density at radius 2 is 2.04 bits per heavy atom. The zero-order valence-corrected chi connectivity index (χ0v) is 17.6. The van der Waals surface area contributed by atoms with Gasteiger partial charge in [-0.1, -0.05) is 11.6 Å². The molecule has 1 N–H and O–H groups in total. The molecule has 0 saturated carbocycles. The van der Waals surface area contributed by atoms with E-state index in [0.717, 1.165) is 25.3 Å². The van der Waals surface area contributed by atoms with E-state index >= 15 is 0 Å². The molecule has 1 amide bonds. The zero-order chi connectivity index (χ0) is 20.2. The number of nitrogens with one attached hydrogen (secondary N) is 1. The fraction of sp³-hybridized carbons (Fsp3) is 0.600. The SMILES string of the molecule is CN(C(=O)CN1C2CC1CN(Cc1nc3c(Cl)cc(F)cc3[nH]1)C2)C(C)(C)C. The molecule has 8 heteroatoms. The summed E-state index contributed by atoms with van der Waals surface area (Å²) in [5, 5.41) is 0.326. The van der Waals surface area contributed by atoms with Crippen molar-refractivity contribution < 1.29 is 9.18 Å². The van der Waals surface area contributed by atoms with E-state index in [4.69, 9.17) is 11.6 Å². The van der Waals surface area contributed by atoms with Crippen LogP contribution in [-0.4, -0.2) is 74.9 Å². The van der Waals surface area contributed by atoms with Crippen LogP contribution >= 0.6 is 11.6 Å². The Morgan fingerprint density at radius 1 is 1.36 bits per heavy atom. The largest absolute Gasteiger partial charge is 0.341 e. The van der Waals surface area contributed by atoms with Crippen LogP contribution in [0.3, 0.4) is 0 Å². The summed E-state index contributed by atoms with van der Waals surface area (Å²) in [6, 6.07) is 3.52. The van der Waals surface area contributed by atoms with Gasteiger partial charge in [0.15, 0.2) is 0 Å². The molecule has 0 radical (unpaired) electrons. The molecular formula is C20H27ClFN5O. The Bertz CT molecular complexity index is 896. The Balaban J connectivity index is 1.37. The van der Waals surface area contributed by atoms with Gasteiger partial charge in [-0.25, -0.2) is 9.37 Å². The molecule has 6 nitrogen and oxygen atoms in total. The molecule has 3 saturated heterocycles. The van der Waals surface area contributed by atoms with Crippen molar-refractivity contribution in [3.8, 4) is 0 Å². The second kappa shape index (κ2) is 6.97. The van der Waals surface area contributed by atoms with Crippen molar-refractivity contribution in [1.82, 2.24) is 24.7 Å². The maximum atomic E-state index is 13.5. The second-order valence-corrected chi connectivity index (χ2v) is 9.41. The van der Waals surface area contributed by atoms with Crippen molar-refractivity contribution in [1.29, 1.82) is 0 Å². The van der Waals surface area contributed by atoms with E-state index in [1.807, 2.05) is 11.9 Å². The van der Waals surface area contributed by atoms with Crippen LogP contribution in [0.15, 0.2) is 12.1 Å². The van der Waals surface area contributed by atoms with Crippen LogP contribution in [0, 0.1) is 5.82 Å². The van der Waals surface area contributed by atoms with Gasteiger partial charge in [0.25, 0.3) is 0 Å². The van der Waals surface area contributed by atoms with E-state index < -0.39 is 0 Å². The first kappa shape index (κ1) is 19.6. The van der Waals surface area contributed by atoms with E-state index in [2.05, 4.69) is 40.5 Å². The predicted molar refractivity (Wildman–Crippen MR) is 108 cm³/mol. The Hall–Kier alpha value is -1.70. The van der Waals surface area contributed by atoms with Crippen LogP contribution < -0.4 is 0 Å². The number of aromatic nitrogens is 2. The van der Waals surface area contributed by atoms with E-state index in [9.17, 15) is 9.18 Å². The van der Waals surface area contributed by atoms with Gasteiger partial charge in [0.2, 0.25) is 5.91 Å². The summed E-state index contributed by atoms with van der Waals surface area (Å²) in [4.78, 5) is 26.8. The molecule has 3 fully saturated rings. The minimum Gasteiger partial charge on any atom is -0.341 e. The Morgan fingerprint density at radius 3 is 2.68 bits per heavy atom. The molecule has 1 aromatic heterocycles. The predicted octanol–water partition coefficient (Wildman–Crippen LogP) is 2.87. The number of nitrogens with zero attached hydrogens (tertiary/aromatic N) is 4. The van der Waals surface area contributed by atoms with Crippen LogP contribution in [0.4, 0.5) is 4.39 Å². The summed E-state index contributed by atoms with van der Waals surface area (Å²) in [7, 11) is 1.87. The first-order valence-corrected chi connectivity index (χ1v) is 10.1. The summed E-state index contributed by atoms with van der Waals surface area (Å²) < 4.78 is 13.5. The molecule has 4 heterocycles. The molecular weight excluding hydrogens is 381 g/mol. The average Bonchev–Trinajstić information content (AvgIpc) is 3.00. The minimum atomic E-state index is -0.368. The number of carbonyl (C=O) groups is 1. The fourth-order valence-electron chi connectivity index (χ4n) is 4.18. The van der Waals surface area contributed by atoms with Crippen LogP contribution in [0.1, 0.15) is 33.0 Å². The molecule has 28 heavy (non-hydrogen) atoms. The minimum absolute atomic E-state index is 0.162. The maximum absolute atomic E-state index is 13.5. The lowest BCUT2D eigenvalue weighted by atomic mass is 9.87. The summed E-state index contributed by atoms with van der Waals surface area (Å²) >= 11 is 6.09. The number of fused-ring (bicyclic) bond motifs is 3. The topological polar surface area (TPSA) is 55.5 Å². The highest BCUT2D eigenvalue weighted by Crippen LogP contribution is 2.33. The first-order valence-electron chi connectivity index (χ1n) is 9.70. The molecule has 3 aliphatic rings. The second-order valence-electron chi connectivity index (χ2n) is 9.00. The number of carbonyl (C=O) groups excluding carboxylic acids is 1. The molecule has 2 atom stereocenters. The molecule has 3 aliphatic heterocycles. The average molecular weight is 408 g/mol. The van der Waals surface area contributed by atoms with E-state index in [-0.39, 0.29) is 17.3 Å². The number of H-pyrrole nitrogens is 1. The van der Waals surface area contributed by atoms with Gasteiger partial charge in [-0.2, -0.15) is 0 Å². The van der Waals surface area contributed by atoms with Crippen LogP contribution in [0.2, 0.25) is 5.02 Å². The van der Waals surface area contributed by atoms with Crippen LogP contribution in [0.5, 0.6) is 0 Å². The molecule has 0 spiro atoms. The number of amides is 1. The molecule has 5 rings (SSSR count). The van der Waals surface area contributed by atoms with E-state index in [1.54, 1.807) is 0 Å². The van der Waals surface area contributed by atoms with Gasteiger partial charge >= 0.3 is 0 Å². The Labute approximate surface area is 169 Å². The zero-order valence-electron chi connectivity index (χ0n) is 16.8. The molecule has 1 aromatic carbocycles. The summed E-state index contributed by atoms with van der Waals surface area (Å²) in [5.41, 5.74) is 1.07. The van der Waals surface area contributed by atoms with Crippen molar-refractivity contribution in [2.24, 2.45) is 0 Å². The third kappa shape index (κ3) is 3.63. The highest BCUT2D eigenvalue weighted by molar-refractivity contribution is 6.34. The van der Waals surface area contributed by atoms with E-state index in [1.165, 1.54) is 12.1 Å². The quantitative estimate of drug-likeness (QED) is 0.846. The number of benzene rings is 1. The number of aromatic amines is 1. The van der Waals surface area contributed by atoms with Gasteiger partial charge < -0.3 is 9.88 Å². The number of likely N-dealkylation sites (N-methyl/N-ethyl adjacent to an activating group) is 1. The summed E-state index contributed by atoms with van der Waals surface area (Å²) in [6.45, 7) is 9.11. The third-order valence-electron chi connectivity index (χ3n) is 6.05. The number of halogens is 2. The van der Waals surface area contributed by atoms with Crippen molar-refractivity contribution in [3.63, 3.8) is 0 Å². The monoisotopic (exact) mass is 407 g/mol. The van der Waals surface area contributed by atoms with Gasteiger partial charge in [0, 0.05) is 37.8 Å². The highest BCUT2D eigenvalue weighted by atomic mass is 35.5. The smallest absolute Gasteiger partial charge is 0.236 e. The lowest BCUT2D eigenvalue weighted by Gasteiger charge is -2.56. The molecule has 0 aliphatic carbocycles. The normalized spacial score (nSPS) is 23.1. The highest BCUT2D eigenvalue weighted by Gasteiger charge is 2.45. The molecule has 2 bridgehead atoms. The van der Waals surface area contributed by atoms with Gasteiger partial charge in [-0.3, -0.25) is 14.6 Å². The Kier molecular flexibility index (Phi) is 4.88. The van der Waals surface area contributed by atoms with Crippen molar-refractivity contribution in [2.75, 3.05) is 26.7 Å². The lowest BCUT2D eigenvalue weighted by molar-refractivity contribution is -0.144. The number of imidazole rings is 1. The number of hydrogen-bond donors (Lipinski definition) is 1. The van der Waals surface area contributed by atoms with Gasteiger partial charge in [-0.05, 0) is 39.3 Å². The van der Waals surface area contributed by atoms with Crippen LogP contribution in [-0.2, 0) is 11.3 Å². The molecule has 2 unspecified atom stereocenters. The van der Waals surface area contributed by atoms with Gasteiger partial charge in [0.05, 0.1) is 23.6 Å². The van der Waals surface area contributed by atoms with Gasteiger partial charge in [0.1, 0.15) is 17.2 Å². The molecule has 152 valence electrons. The third-order valence-corrected chi connectivity index (χ3v) is 6.33. The maximum Gasteiger partial charge on any atom is 0.236 e. The fourth-order valence-corrected chi connectivity index (χ4v) is 4.43. The number of piperazine rings is 1. The summed E-state index contributed by atoms with van der Waals surface area (Å²) in [5.74, 6) is 0.593. The van der Waals surface area contributed by atoms with Crippen LogP contribution in [0.25, 0.3) is 11.0 Å². The standard InChI is InChI=1S/C20H27ClFN5O/c1-20(2,3)25(4)18(28)11-27-13-7-14(27)9-26(8-13)10-17-23-16-6-12(22)5-15(21)19(16)24-17/h5-6,13-14H,7-11H2,1-4H3,(H,23,24). The van der Waals surface area contributed by atoms with Crippen molar-refractivity contribution >= 4 is 28.5 Å². The lowest BCUT2D eigenvalue weighted by Crippen LogP contribution is -2.69. The molecule has 2 aromatic rings. The number of rotatable bonds is 4. The van der Waals surface area contributed by atoms with E-state index in [0.29, 0.717) is 41.2 Å². The van der Waals surface area contributed by atoms with Crippen molar-refractivity contribution in [3.05, 3.63) is 28.8 Å². The number of hydrogen-bond acceptors (Lipinski definition) is 4. The van der Waals surface area contributed by atoms with Gasteiger partial charge in [-0.15, -0.1) is 0 Å². The summed E-state index contributed by atoms with van der Waals surface area (Å²) in [6.07, 6.45) is 1.14. The number of piperidine rings is 1. The van der Waals surface area contributed by atoms with Crippen molar-refractivity contribution in [2.45, 2.75) is 51.4 Å².